The zero-order valence-electron chi connectivity index (χ0n) is 16.5. The van der Waals surface area contributed by atoms with Crippen LogP contribution in [0.5, 0.6) is 5.75 Å². The van der Waals surface area contributed by atoms with Crippen molar-refractivity contribution in [1.29, 1.82) is 0 Å². The largest absolute Gasteiger partial charge is 0.496 e. The number of hydrogen-bond donors (Lipinski definition) is 3. The molecule has 4 N–H and O–H groups in total. The number of amidine groups is 1. The number of nitrogens with one attached hydrogen (secondary N) is 2. The van der Waals surface area contributed by atoms with Gasteiger partial charge in [-0.05, 0) is 65.5 Å². The highest BCUT2D eigenvalue weighted by molar-refractivity contribution is 9.10. The summed E-state index contributed by atoms with van der Waals surface area (Å²) in [5, 5.41) is 6.73. The Morgan fingerprint density at radius 3 is 2.61 bits per heavy atom. The Morgan fingerprint density at radius 1 is 1.18 bits per heavy atom. The molecule has 0 saturated carbocycles. The summed E-state index contributed by atoms with van der Waals surface area (Å²) in [6, 6.07) is 16.4. The Hall–Kier alpha value is -2.31. The third-order valence-electron chi connectivity index (χ3n) is 4.76. The van der Waals surface area contributed by atoms with E-state index in [1.165, 1.54) is 11.1 Å². The lowest BCUT2D eigenvalue weighted by atomic mass is 10.0. The van der Waals surface area contributed by atoms with E-state index < -0.39 is 5.79 Å². The van der Waals surface area contributed by atoms with Gasteiger partial charge in [-0.25, -0.2) is 0 Å². The molecule has 1 aliphatic rings. The molecular weight excluding hydrogens is 416 g/mol. The van der Waals surface area contributed by atoms with Crippen LogP contribution in [0.25, 0.3) is 0 Å². The molecule has 0 aromatic heterocycles. The van der Waals surface area contributed by atoms with E-state index in [9.17, 15) is 0 Å². The topological polar surface area (TPSA) is 71.7 Å². The van der Waals surface area contributed by atoms with Gasteiger partial charge in [0.1, 0.15) is 11.6 Å². The quantitative estimate of drug-likeness (QED) is 0.624. The summed E-state index contributed by atoms with van der Waals surface area (Å²) >= 11 is 3.54. The average molecular weight is 443 g/mol. The number of methoxy groups -OCH3 is 1. The molecule has 3 rings (SSSR count). The van der Waals surface area contributed by atoms with Gasteiger partial charge in [0.05, 0.1) is 17.6 Å². The van der Waals surface area contributed by atoms with Gasteiger partial charge in [-0.2, -0.15) is 0 Å². The van der Waals surface area contributed by atoms with E-state index in [1.807, 2.05) is 37.3 Å². The van der Waals surface area contributed by atoms with E-state index in [4.69, 9.17) is 15.5 Å². The molecule has 0 bridgehead atoms. The fourth-order valence-corrected chi connectivity index (χ4v) is 3.89. The maximum atomic E-state index is 6.62. The second-order valence-electron chi connectivity index (χ2n) is 7.12. The minimum Gasteiger partial charge on any atom is -0.496 e. The Bertz CT molecular complexity index is 881. The van der Waals surface area contributed by atoms with Crippen LogP contribution in [0.2, 0.25) is 0 Å². The molecule has 2 aromatic carbocycles. The van der Waals surface area contributed by atoms with Crippen molar-refractivity contribution in [3.05, 3.63) is 75.9 Å². The molecule has 0 amide bonds. The highest BCUT2D eigenvalue weighted by Crippen LogP contribution is 2.26. The summed E-state index contributed by atoms with van der Waals surface area (Å²) in [4.78, 5) is 4.83. The Balaban J connectivity index is 1.71. The second kappa shape index (κ2) is 8.80. The van der Waals surface area contributed by atoms with Crippen LogP contribution in [-0.4, -0.2) is 18.7 Å². The lowest BCUT2D eigenvalue weighted by Crippen LogP contribution is -2.67. The third-order valence-corrected chi connectivity index (χ3v) is 5.38. The van der Waals surface area contributed by atoms with E-state index >= 15 is 0 Å². The first-order valence-electron chi connectivity index (χ1n) is 9.37. The Labute approximate surface area is 175 Å². The number of halogens is 1. The highest BCUT2D eigenvalue weighted by Gasteiger charge is 2.29. The maximum absolute atomic E-state index is 6.62. The highest BCUT2D eigenvalue weighted by atomic mass is 79.9. The summed E-state index contributed by atoms with van der Waals surface area (Å²) in [5.74, 6) is 0.870. The van der Waals surface area contributed by atoms with E-state index in [-0.39, 0.29) is 6.04 Å². The number of nitrogens with zero attached hydrogens (tertiary/aromatic N) is 1. The van der Waals surface area contributed by atoms with Gasteiger partial charge in [0.2, 0.25) is 0 Å². The van der Waals surface area contributed by atoms with Gasteiger partial charge in [0.15, 0.2) is 5.79 Å². The van der Waals surface area contributed by atoms with Gasteiger partial charge in [-0.15, -0.1) is 0 Å². The van der Waals surface area contributed by atoms with Crippen LogP contribution in [0, 0.1) is 0 Å². The molecule has 1 aliphatic heterocycles. The van der Waals surface area contributed by atoms with Crippen molar-refractivity contribution in [3.8, 4) is 5.75 Å². The van der Waals surface area contributed by atoms with E-state index in [1.54, 1.807) is 7.11 Å². The molecular formula is C22H27BrN4O. The number of nitrogens with two attached hydrogens (primary N) is 1. The third kappa shape index (κ3) is 5.14. The Kier molecular flexibility index (Phi) is 6.42. The molecule has 0 spiro atoms. The number of hydrogen-bond acceptors (Lipinski definition) is 4. The lowest BCUT2D eigenvalue weighted by Gasteiger charge is -2.37. The number of benzene rings is 2. The van der Waals surface area contributed by atoms with Crippen molar-refractivity contribution in [2.75, 3.05) is 7.11 Å². The normalized spacial score (nSPS) is 21.5. The van der Waals surface area contributed by atoms with Crippen LogP contribution in [0.15, 0.2) is 69.8 Å². The zero-order chi connectivity index (χ0) is 20.1. The van der Waals surface area contributed by atoms with E-state index in [2.05, 4.69) is 57.8 Å². The van der Waals surface area contributed by atoms with Crippen LogP contribution >= 0.6 is 15.9 Å². The summed E-state index contributed by atoms with van der Waals surface area (Å²) in [6.07, 6.45) is 3.51. The Morgan fingerprint density at radius 2 is 1.93 bits per heavy atom. The van der Waals surface area contributed by atoms with E-state index in [0.717, 1.165) is 28.2 Å². The molecule has 1 unspecified atom stereocenters. The van der Waals surface area contributed by atoms with Crippen molar-refractivity contribution in [2.24, 2.45) is 10.7 Å². The fourth-order valence-electron chi connectivity index (χ4n) is 3.31. The molecule has 148 valence electrons. The monoisotopic (exact) mass is 442 g/mol. The molecule has 2 atom stereocenters. The van der Waals surface area contributed by atoms with Gasteiger partial charge in [-0.1, -0.05) is 36.4 Å². The number of ether oxygens (including phenoxy) is 1. The molecule has 0 saturated heterocycles. The summed E-state index contributed by atoms with van der Waals surface area (Å²) < 4.78 is 6.24. The van der Waals surface area contributed by atoms with Crippen LogP contribution in [-0.2, 0) is 6.42 Å². The van der Waals surface area contributed by atoms with Gasteiger partial charge < -0.3 is 15.4 Å². The maximum Gasteiger partial charge on any atom is 0.162 e. The predicted octanol–water partition coefficient (Wildman–Crippen LogP) is 4.26. The number of aliphatic imine (C=N–C) groups is 1. The van der Waals surface area contributed by atoms with Crippen LogP contribution in [0.3, 0.4) is 0 Å². The first-order valence-corrected chi connectivity index (χ1v) is 10.2. The smallest absolute Gasteiger partial charge is 0.162 e. The molecule has 0 radical (unpaired) electrons. The molecule has 6 heteroatoms. The van der Waals surface area contributed by atoms with Crippen molar-refractivity contribution >= 4 is 21.8 Å². The van der Waals surface area contributed by atoms with Gasteiger partial charge in [0, 0.05) is 12.1 Å². The number of allylic oxidation sites excluding steroid dienone is 1. The van der Waals surface area contributed by atoms with Crippen molar-refractivity contribution in [1.82, 2.24) is 10.6 Å². The second-order valence-corrected chi connectivity index (χ2v) is 7.97. The zero-order valence-corrected chi connectivity index (χ0v) is 18.1. The van der Waals surface area contributed by atoms with Gasteiger partial charge >= 0.3 is 0 Å². The molecule has 2 aromatic rings. The van der Waals surface area contributed by atoms with Crippen molar-refractivity contribution < 1.29 is 4.74 Å². The van der Waals surface area contributed by atoms with Crippen molar-refractivity contribution in [3.63, 3.8) is 0 Å². The predicted molar refractivity (Wildman–Crippen MR) is 118 cm³/mol. The summed E-state index contributed by atoms with van der Waals surface area (Å²) in [5.41, 5.74) is 9.97. The van der Waals surface area contributed by atoms with Crippen LogP contribution < -0.4 is 21.1 Å². The fraction of sp³-hybridized carbons (Fsp3) is 0.318. The van der Waals surface area contributed by atoms with Gasteiger partial charge in [0.25, 0.3) is 0 Å². The summed E-state index contributed by atoms with van der Waals surface area (Å²) in [7, 11) is 1.66. The van der Waals surface area contributed by atoms with Crippen molar-refractivity contribution in [2.45, 2.75) is 38.5 Å². The first-order chi connectivity index (χ1) is 13.4. The summed E-state index contributed by atoms with van der Waals surface area (Å²) in [6.45, 7) is 4.09. The molecule has 28 heavy (non-hydrogen) atoms. The molecule has 0 fully saturated rings. The average Bonchev–Trinajstić information content (AvgIpc) is 2.66. The standard InChI is InChI=1S/C22H27BrN4O/c1-15-13-21(25-16(2)18-7-5-4-6-8-18)27-22(24,26-15)12-11-17-9-10-20(28-3)19(23)14-17/h4-10,13-14,16,26H,11-12,24H2,1-3H3,(H,25,27)/t16-,22?/m0/s1. The van der Waals surface area contributed by atoms with Gasteiger partial charge in [-0.3, -0.25) is 10.7 Å². The minimum atomic E-state index is -0.750. The number of aryl methyl sites for hydroxylation is 1. The minimum absolute atomic E-state index is 0.0487. The molecule has 5 nitrogen and oxygen atoms in total. The SMILES string of the molecule is COc1ccc(CCC2(N)NC(C)=CC(=N[C@@H](C)c3ccccc3)N2)cc1Br. The van der Waals surface area contributed by atoms with Crippen LogP contribution in [0.1, 0.15) is 37.4 Å². The first kappa shape index (κ1) is 20.4. The molecule has 0 aliphatic carbocycles. The lowest BCUT2D eigenvalue weighted by molar-refractivity contribution is 0.306. The van der Waals surface area contributed by atoms with Crippen LogP contribution in [0.4, 0.5) is 0 Å². The van der Waals surface area contributed by atoms with E-state index in [0.29, 0.717) is 6.42 Å². The number of rotatable bonds is 6. The molecule has 1 heterocycles.